The zero-order valence-corrected chi connectivity index (χ0v) is 16.9. The predicted octanol–water partition coefficient (Wildman–Crippen LogP) is 2.39. The van der Waals surface area contributed by atoms with Gasteiger partial charge in [-0.25, -0.2) is 0 Å². The highest BCUT2D eigenvalue weighted by atomic mass is 35.5. The van der Waals surface area contributed by atoms with Gasteiger partial charge in [-0.05, 0) is 25.0 Å². The van der Waals surface area contributed by atoms with Crippen LogP contribution in [0.5, 0.6) is 5.75 Å². The highest BCUT2D eigenvalue weighted by molar-refractivity contribution is 6.37. The fourth-order valence-corrected chi connectivity index (χ4v) is 3.34. The smallest absolute Gasteiger partial charge is 0.256 e. The molecule has 1 heterocycles. The zero-order chi connectivity index (χ0) is 19.8. The molecule has 2 rings (SSSR count). The molecule has 2 amide bonds. The molecule has 0 saturated carbocycles. The van der Waals surface area contributed by atoms with Crippen LogP contribution in [0.2, 0.25) is 10.0 Å². The first-order valence-electron chi connectivity index (χ1n) is 8.65. The van der Waals surface area contributed by atoms with Crippen LogP contribution in [-0.4, -0.2) is 69.9 Å². The number of nitrogens with one attached hydrogen (secondary N) is 1. The molecule has 0 radical (unpaired) electrons. The second-order valence-corrected chi connectivity index (χ2v) is 6.93. The molecule has 7 nitrogen and oxygen atoms in total. The Morgan fingerprint density at radius 1 is 1.15 bits per heavy atom. The van der Waals surface area contributed by atoms with Crippen molar-refractivity contribution in [1.29, 1.82) is 0 Å². The molecule has 1 aliphatic rings. The quantitative estimate of drug-likeness (QED) is 0.655. The number of rotatable bonds is 8. The second-order valence-electron chi connectivity index (χ2n) is 6.11. The molecule has 1 N–H and O–H groups in total. The van der Waals surface area contributed by atoms with Crippen molar-refractivity contribution in [2.45, 2.75) is 18.9 Å². The van der Waals surface area contributed by atoms with Gasteiger partial charge in [-0.3, -0.25) is 9.59 Å². The van der Waals surface area contributed by atoms with Crippen LogP contribution in [0.15, 0.2) is 12.1 Å². The lowest BCUT2D eigenvalue weighted by Gasteiger charge is -2.32. The van der Waals surface area contributed by atoms with Crippen LogP contribution in [0.3, 0.4) is 0 Å². The monoisotopic (exact) mass is 418 g/mol. The van der Waals surface area contributed by atoms with Gasteiger partial charge in [0.1, 0.15) is 12.2 Å². The van der Waals surface area contributed by atoms with E-state index in [0.717, 1.165) is 0 Å². The molecule has 0 aromatic heterocycles. The number of amides is 2. The SMILES string of the molecule is COCCOCC(=O)N1CCC(NC(=O)c2c(Cl)ccc(Cl)c2OC)CC1. The minimum atomic E-state index is -0.341. The zero-order valence-electron chi connectivity index (χ0n) is 15.4. The number of benzene rings is 1. The number of carbonyl (C=O) groups is 2. The summed E-state index contributed by atoms with van der Waals surface area (Å²) in [6.07, 6.45) is 1.30. The number of ether oxygens (including phenoxy) is 3. The highest BCUT2D eigenvalue weighted by Crippen LogP contribution is 2.33. The molecule has 9 heteroatoms. The summed E-state index contributed by atoms with van der Waals surface area (Å²) >= 11 is 12.2. The summed E-state index contributed by atoms with van der Waals surface area (Å²) in [7, 11) is 3.02. The number of halogens is 2. The van der Waals surface area contributed by atoms with E-state index in [9.17, 15) is 9.59 Å². The Labute approximate surface area is 168 Å². The summed E-state index contributed by atoms with van der Waals surface area (Å²) in [6.45, 7) is 1.99. The van der Waals surface area contributed by atoms with Crippen molar-refractivity contribution in [1.82, 2.24) is 10.2 Å². The molecule has 1 aromatic carbocycles. The maximum Gasteiger partial charge on any atom is 0.256 e. The van der Waals surface area contributed by atoms with Gasteiger partial charge in [0.25, 0.3) is 5.91 Å². The van der Waals surface area contributed by atoms with E-state index >= 15 is 0 Å². The lowest BCUT2D eigenvalue weighted by atomic mass is 10.0. The molecule has 1 saturated heterocycles. The maximum absolute atomic E-state index is 12.6. The van der Waals surface area contributed by atoms with Crippen LogP contribution in [0, 0.1) is 0 Å². The summed E-state index contributed by atoms with van der Waals surface area (Å²) in [4.78, 5) is 26.5. The number of likely N-dealkylation sites (tertiary alicyclic amines) is 1. The third-order valence-electron chi connectivity index (χ3n) is 4.33. The van der Waals surface area contributed by atoms with Crippen molar-refractivity contribution in [2.24, 2.45) is 0 Å². The predicted molar refractivity (Wildman–Crippen MR) is 103 cm³/mol. The standard InChI is InChI=1S/C18H24Cl2N2O5/c1-25-9-10-27-11-15(23)22-7-5-12(6-8-22)21-18(24)16-13(19)3-4-14(20)17(16)26-2/h3-4,12H,5-11H2,1-2H3,(H,21,24). The van der Waals surface area contributed by atoms with Crippen molar-refractivity contribution in [3.8, 4) is 5.75 Å². The van der Waals surface area contributed by atoms with Gasteiger partial charge in [0.05, 0.1) is 30.4 Å². The first-order chi connectivity index (χ1) is 13.0. The van der Waals surface area contributed by atoms with E-state index in [1.54, 1.807) is 24.1 Å². The minimum Gasteiger partial charge on any atom is -0.494 e. The number of nitrogens with zero attached hydrogens (tertiary/aromatic N) is 1. The van der Waals surface area contributed by atoms with Gasteiger partial charge in [0.15, 0.2) is 5.75 Å². The summed E-state index contributed by atoms with van der Waals surface area (Å²) < 4.78 is 15.4. The number of hydrogen-bond donors (Lipinski definition) is 1. The molecular weight excluding hydrogens is 395 g/mol. The van der Waals surface area contributed by atoms with Gasteiger partial charge in [-0.2, -0.15) is 0 Å². The van der Waals surface area contributed by atoms with E-state index in [-0.39, 0.29) is 40.8 Å². The molecule has 1 aliphatic heterocycles. The molecule has 0 aliphatic carbocycles. The van der Waals surface area contributed by atoms with E-state index in [1.165, 1.54) is 7.11 Å². The second kappa shape index (κ2) is 10.7. The van der Waals surface area contributed by atoms with Crippen molar-refractivity contribution >= 4 is 35.0 Å². The lowest BCUT2D eigenvalue weighted by molar-refractivity contribution is -0.137. The van der Waals surface area contributed by atoms with Crippen molar-refractivity contribution in [3.63, 3.8) is 0 Å². The fraction of sp³-hybridized carbons (Fsp3) is 0.556. The normalized spacial score (nSPS) is 14.9. The van der Waals surface area contributed by atoms with Crippen molar-refractivity contribution in [2.75, 3.05) is 47.1 Å². The molecule has 1 fully saturated rings. The van der Waals surface area contributed by atoms with E-state index in [4.69, 9.17) is 37.4 Å². The highest BCUT2D eigenvalue weighted by Gasteiger charge is 2.26. The van der Waals surface area contributed by atoms with Crippen molar-refractivity contribution < 1.29 is 23.8 Å². The van der Waals surface area contributed by atoms with E-state index in [0.29, 0.717) is 44.2 Å². The molecule has 0 bridgehead atoms. The Bertz CT molecular complexity index is 663. The Morgan fingerprint density at radius 2 is 1.81 bits per heavy atom. The topological polar surface area (TPSA) is 77.1 Å². The minimum absolute atomic E-state index is 0.0374. The Balaban J connectivity index is 1.86. The number of methoxy groups -OCH3 is 2. The summed E-state index contributed by atoms with van der Waals surface area (Å²) in [5.74, 6) is -0.148. The Kier molecular flexibility index (Phi) is 8.63. The summed E-state index contributed by atoms with van der Waals surface area (Å²) in [6, 6.07) is 3.08. The average Bonchev–Trinajstić information content (AvgIpc) is 2.67. The van der Waals surface area contributed by atoms with Crippen molar-refractivity contribution in [3.05, 3.63) is 27.7 Å². The molecule has 0 unspecified atom stereocenters. The van der Waals surface area contributed by atoms with Gasteiger partial charge in [0.2, 0.25) is 5.91 Å². The molecule has 0 atom stereocenters. The Hall–Kier alpha value is -1.54. The van der Waals surface area contributed by atoms with Gasteiger partial charge < -0.3 is 24.4 Å². The first kappa shape index (κ1) is 21.8. The van der Waals surface area contributed by atoms with Gasteiger partial charge >= 0.3 is 0 Å². The molecular formula is C18H24Cl2N2O5. The summed E-state index contributed by atoms with van der Waals surface area (Å²) in [5.41, 5.74) is 0.219. The molecule has 150 valence electrons. The molecule has 0 spiro atoms. The van der Waals surface area contributed by atoms with Crippen LogP contribution in [-0.2, 0) is 14.3 Å². The van der Waals surface area contributed by atoms with Gasteiger partial charge in [-0.1, -0.05) is 23.2 Å². The first-order valence-corrected chi connectivity index (χ1v) is 9.40. The van der Waals surface area contributed by atoms with Crippen LogP contribution >= 0.6 is 23.2 Å². The van der Waals surface area contributed by atoms with E-state index in [1.807, 2.05) is 0 Å². The summed E-state index contributed by atoms with van der Waals surface area (Å²) in [5, 5.41) is 3.54. The molecule has 27 heavy (non-hydrogen) atoms. The Morgan fingerprint density at radius 3 is 2.44 bits per heavy atom. The van der Waals surface area contributed by atoms with Gasteiger partial charge in [-0.15, -0.1) is 0 Å². The van der Waals surface area contributed by atoms with Crippen LogP contribution < -0.4 is 10.1 Å². The third-order valence-corrected chi connectivity index (χ3v) is 4.94. The van der Waals surface area contributed by atoms with Gasteiger partial charge in [0, 0.05) is 26.2 Å². The van der Waals surface area contributed by atoms with E-state index in [2.05, 4.69) is 5.32 Å². The fourth-order valence-electron chi connectivity index (χ4n) is 2.87. The van der Waals surface area contributed by atoms with Crippen LogP contribution in [0.4, 0.5) is 0 Å². The third kappa shape index (κ3) is 5.97. The maximum atomic E-state index is 12.6. The largest absolute Gasteiger partial charge is 0.494 e. The number of hydrogen-bond acceptors (Lipinski definition) is 5. The van der Waals surface area contributed by atoms with E-state index < -0.39 is 0 Å². The number of piperidine rings is 1. The number of carbonyl (C=O) groups excluding carboxylic acids is 2. The average molecular weight is 419 g/mol. The molecule has 1 aromatic rings. The lowest BCUT2D eigenvalue weighted by Crippen LogP contribution is -2.47. The van der Waals surface area contributed by atoms with Crippen LogP contribution in [0.1, 0.15) is 23.2 Å². The van der Waals surface area contributed by atoms with Crippen LogP contribution in [0.25, 0.3) is 0 Å².